The van der Waals surface area contributed by atoms with E-state index < -0.39 is 15.6 Å². The maximum Gasteiger partial charge on any atom is 0.316 e. The Hall–Kier alpha value is 3.39. The van der Waals surface area contributed by atoms with Crippen molar-refractivity contribution in [1.29, 1.82) is 0 Å². The van der Waals surface area contributed by atoms with Crippen molar-refractivity contribution in [2.45, 2.75) is 0 Å². The van der Waals surface area contributed by atoms with Crippen molar-refractivity contribution in [1.82, 2.24) is 0 Å². The Kier molecular flexibility index (Phi) is 74.2. The van der Waals surface area contributed by atoms with Gasteiger partial charge in [-0.05, 0) is 0 Å². The Morgan fingerprint density at radius 2 is 0.562 bits per heavy atom. The summed E-state index contributed by atoms with van der Waals surface area (Å²) in [5, 5.41) is 0. The van der Waals surface area contributed by atoms with Crippen molar-refractivity contribution >= 4 is 114 Å². The van der Waals surface area contributed by atoms with Crippen LogP contribution in [-0.4, -0.2) is 144 Å². The molecule has 0 heterocycles. The average molecular weight is 361 g/mol. The molecule has 0 unspecified atom stereocenters. The molecule has 0 rings (SSSR count). The molecule has 0 spiro atoms. The summed E-state index contributed by atoms with van der Waals surface area (Å²) in [5.41, 5.74) is 0. The summed E-state index contributed by atoms with van der Waals surface area (Å²) in [7, 11) is -9.28. The molecule has 0 aromatic carbocycles. The maximum atomic E-state index is 8.88. The fraction of sp³-hybridized carbons (Fsp3) is 0. The minimum absolute atomic E-state index is 0. The van der Waals surface area contributed by atoms with Gasteiger partial charge in [-0.3, -0.25) is 0 Å². The quantitative estimate of drug-likeness (QED) is 0.178. The van der Waals surface area contributed by atoms with E-state index in [2.05, 4.69) is 0 Å². The first-order chi connectivity index (χ1) is 4.00. The van der Waals surface area contributed by atoms with Crippen LogP contribution in [0.5, 0.6) is 0 Å². The van der Waals surface area contributed by atoms with Crippen molar-refractivity contribution < 1.29 is 54.9 Å². The summed E-state index contributed by atoms with van der Waals surface area (Å²) in [6, 6.07) is 0. The monoisotopic (exact) mass is 360 g/mol. The molecule has 0 aromatic rings. The van der Waals surface area contributed by atoms with Crippen molar-refractivity contribution in [3.05, 3.63) is 0 Å². The molecule has 11 nitrogen and oxygen atoms in total. The van der Waals surface area contributed by atoms with Crippen LogP contribution < -0.4 is 0 Å². The third-order valence-electron chi connectivity index (χ3n) is 0. The van der Waals surface area contributed by atoms with Gasteiger partial charge >= 0.3 is 114 Å². The van der Waals surface area contributed by atoms with Gasteiger partial charge in [0.1, 0.15) is 0 Å². The van der Waals surface area contributed by atoms with Crippen LogP contribution in [-0.2, 0) is 9.13 Å². The molecule has 0 aliphatic rings. The third-order valence-corrected chi connectivity index (χ3v) is 0. The van der Waals surface area contributed by atoms with Gasteiger partial charge < -0.3 is 45.8 Å². The molecule has 12 N–H and O–H groups in total. The molecule has 100 valence electrons. The number of hydrogen-bond donors (Lipinski definition) is 6. The van der Waals surface area contributed by atoms with E-state index in [-0.39, 0.29) is 115 Å². The minimum Gasteiger partial charge on any atom is 0.316 e. The van der Waals surface area contributed by atoms with Gasteiger partial charge in [0.2, 0.25) is 0 Å². The predicted octanol–water partition coefficient (Wildman–Crippen LogP) is -7.08. The van der Waals surface area contributed by atoms with Crippen LogP contribution in [0.1, 0.15) is 0 Å². The van der Waals surface area contributed by atoms with E-state index in [1.807, 2.05) is 0 Å². The molecular weight excluding hydrogens is 342 g/mol. The normalized spacial score (nSPS) is 7.38. The summed E-state index contributed by atoms with van der Waals surface area (Å²) < 4.78 is 17.8. The first-order valence-electron chi connectivity index (χ1n) is 1.57. The Morgan fingerprint density at radius 3 is 0.562 bits per heavy atom. The van der Waals surface area contributed by atoms with Crippen LogP contribution in [0.2, 0.25) is 0 Å². The van der Waals surface area contributed by atoms with Gasteiger partial charge in [-0.2, -0.15) is 0 Å². The predicted molar refractivity (Wildman–Crippen MR) is 65.0 cm³/mol. The van der Waals surface area contributed by atoms with Gasteiger partial charge in [0.15, 0.2) is 0 Å². The van der Waals surface area contributed by atoms with Crippen LogP contribution in [0.25, 0.3) is 0 Å². The molecule has 0 saturated carbocycles. The number of rotatable bonds is 0. The van der Waals surface area contributed by atoms with Crippen LogP contribution in [0.3, 0.4) is 0 Å². The standard InChI is InChI=1S/2Ca.Mg.2H3O4P.3H2O.6H/c;;;2*1-5(2,3)4;;;;;;;;;/h;;;2*(H3,1,2,3,4);3*1H2;;;;;;. The van der Waals surface area contributed by atoms with Gasteiger partial charge in [0.05, 0.1) is 0 Å². The van der Waals surface area contributed by atoms with E-state index in [0.717, 1.165) is 0 Å². The summed E-state index contributed by atoms with van der Waals surface area (Å²) in [6.45, 7) is 0. The number of phosphoric acid groups is 2. The van der Waals surface area contributed by atoms with E-state index in [4.69, 9.17) is 38.5 Å². The van der Waals surface area contributed by atoms with Crippen molar-refractivity contribution in [3.8, 4) is 0 Å². The molecule has 0 aromatic heterocycles. The van der Waals surface area contributed by atoms with Crippen molar-refractivity contribution in [2.75, 3.05) is 0 Å². The van der Waals surface area contributed by atoms with Crippen LogP contribution in [0.4, 0.5) is 0 Å². The summed E-state index contributed by atoms with van der Waals surface area (Å²) in [6.07, 6.45) is 0. The second kappa shape index (κ2) is 23.5. The summed E-state index contributed by atoms with van der Waals surface area (Å²) in [4.78, 5) is 43.1. The van der Waals surface area contributed by atoms with Crippen molar-refractivity contribution in [2.24, 2.45) is 0 Å². The fourth-order valence-electron chi connectivity index (χ4n) is 0. The van der Waals surface area contributed by atoms with Crippen LogP contribution >= 0.6 is 15.6 Å². The van der Waals surface area contributed by atoms with Crippen LogP contribution in [0, 0.1) is 0 Å². The molecule has 16 heteroatoms. The van der Waals surface area contributed by atoms with E-state index in [1.165, 1.54) is 0 Å². The molecular formula is H18Ca2MgO11P2. The SMILES string of the molecule is O.O.O.O=P(O)(O)O.O=P(O)(O)O.[CaH2].[CaH2].[MgH2]. The molecule has 16 heavy (non-hydrogen) atoms. The van der Waals surface area contributed by atoms with E-state index in [9.17, 15) is 0 Å². The molecule has 0 aliphatic carbocycles. The Labute approximate surface area is 166 Å². The molecule has 0 saturated heterocycles. The molecule has 0 fully saturated rings. The van der Waals surface area contributed by atoms with E-state index >= 15 is 0 Å². The second-order valence-corrected chi connectivity index (χ2v) is 3.08. The zero-order chi connectivity index (χ0) is 9.00. The Balaban J connectivity index is -0.00000000970. The molecule has 0 aliphatic heterocycles. The third kappa shape index (κ3) is 407. The number of hydrogen-bond acceptors (Lipinski definition) is 2. The first kappa shape index (κ1) is 50.6. The van der Waals surface area contributed by atoms with Crippen molar-refractivity contribution in [3.63, 3.8) is 0 Å². The zero-order valence-corrected chi connectivity index (χ0v) is 7.68. The minimum atomic E-state index is -4.64. The molecule has 0 bridgehead atoms. The maximum absolute atomic E-state index is 8.88. The largest absolute Gasteiger partial charge is 0.316 e. The fourth-order valence-corrected chi connectivity index (χ4v) is 0. The van der Waals surface area contributed by atoms with Gasteiger partial charge in [0.25, 0.3) is 0 Å². The van der Waals surface area contributed by atoms with Gasteiger partial charge in [-0.25, -0.2) is 9.13 Å². The smallest absolute Gasteiger partial charge is 0.316 e. The van der Waals surface area contributed by atoms with Crippen LogP contribution in [0.15, 0.2) is 0 Å². The van der Waals surface area contributed by atoms with Gasteiger partial charge in [0, 0.05) is 0 Å². The van der Waals surface area contributed by atoms with Gasteiger partial charge in [-0.1, -0.05) is 0 Å². The van der Waals surface area contributed by atoms with E-state index in [1.54, 1.807) is 0 Å². The average Bonchev–Trinajstić information content (AvgIpc) is 1.12. The molecule has 0 amide bonds. The first-order valence-corrected chi connectivity index (χ1v) is 4.70. The molecule has 0 radical (unpaired) electrons. The second-order valence-electron chi connectivity index (χ2n) is 1.03. The Morgan fingerprint density at radius 1 is 0.562 bits per heavy atom. The molecule has 0 atom stereocenters. The zero-order valence-electron chi connectivity index (χ0n) is 5.89. The topological polar surface area (TPSA) is 250 Å². The van der Waals surface area contributed by atoms with Gasteiger partial charge in [-0.15, -0.1) is 0 Å². The summed E-state index contributed by atoms with van der Waals surface area (Å²) in [5.74, 6) is 0. The van der Waals surface area contributed by atoms with E-state index in [0.29, 0.717) is 0 Å². The Bertz CT molecular complexity index is 134. The summed E-state index contributed by atoms with van der Waals surface area (Å²) >= 11 is 0.